The van der Waals surface area contributed by atoms with Crippen molar-refractivity contribution in [3.8, 4) is 0 Å². The van der Waals surface area contributed by atoms with E-state index >= 15 is 0 Å². The summed E-state index contributed by atoms with van der Waals surface area (Å²) in [7, 11) is -2.88. The molecule has 1 N–H and O–H groups in total. The Morgan fingerprint density at radius 1 is 1.19 bits per heavy atom. The van der Waals surface area contributed by atoms with E-state index in [0.717, 1.165) is 38.5 Å². The van der Waals surface area contributed by atoms with Crippen LogP contribution in [0.25, 0.3) is 0 Å². The molecular weight excluding hydrogens is 290 g/mol. The van der Waals surface area contributed by atoms with E-state index in [1.807, 2.05) is 20.8 Å². The number of hydrogen-bond acceptors (Lipinski definition) is 4. The number of hydrogen-bond donors (Lipinski definition) is 1. The SMILES string of the molecule is CC(C)(C)OC(=O)NCCC1CC2CCCC(C1)S2(=O)=O. The molecule has 2 saturated heterocycles. The van der Waals surface area contributed by atoms with E-state index in [9.17, 15) is 13.2 Å². The average molecular weight is 317 g/mol. The van der Waals surface area contributed by atoms with E-state index in [-0.39, 0.29) is 10.5 Å². The maximum absolute atomic E-state index is 12.2. The second-order valence-electron chi connectivity index (χ2n) is 7.32. The van der Waals surface area contributed by atoms with Gasteiger partial charge in [-0.25, -0.2) is 13.2 Å². The molecule has 2 aliphatic rings. The van der Waals surface area contributed by atoms with Gasteiger partial charge in [0.1, 0.15) is 5.60 Å². The minimum atomic E-state index is -2.88. The van der Waals surface area contributed by atoms with E-state index in [1.54, 1.807) is 0 Å². The van der Waals surface area contributed by atoms with Gasteiger partial charge in [-0.05, 0) is 58.8 Å². The molecule has 2 aliphatic heterocycles. The second kappa shape index (κ2) is 6.15. The zero-order valence-electron chi connectivity index (χ0n) is 13.2. The van der Waals surface area contributed by atoms with Crippen molar-refractivity contribution >= 4 is 15.9 Å². The minimum Gasteiger partial charge on any atom is -0.444 e. The number of carbonyl (C=O) groups is 1. The van der Waals surface area contributed by atoms with Crippen LogP contribution in [-0.2, 0) is 14.6 Å². The lowest BCUT2D eigenvalue weighted by Crippen LogP contribution is -2.44. The van der Waals surface area contributed by atoms with Crippen LogP contribution in [0.3, 0.4) is 0 Å². The molecule has 5 nitrogen and oxygen atoms in total. The fraction of sp³-hybridized carbons (Fsp3) is 0.933. The van der Waals surface area contributed by atoms with Crippen LogP contribution in [-0.4, -0.2) is 37.2 Å². The third-order valence-corrected chi connectivity index (χ3v) is 7.11. The number of amides is 1. The summed E-state index contributed by atoms with van der Waals surface area (Å²) in [6.45, 7) is 6.05. The van der Waals surface area contributed by atoms with Crippen molar-refractivity contribution in [1.29, 1.82) is 0 Å². The number of sulfone groups is 1. The molecule has 0 aromatic carbocycles. The van der Waals surface area contributed by atoms with Gasteiger partial charge in [-0.1, -0.05) is 6.42 Å². The molecule has 122 valence electrons. The zero-order chi connectivity index (χ0) is 15.7. The predicted molar refractivity (Wildman–Crippen MR) is 81.9 cm³/mol. The molecule has 0 saturated carbocycles. The highest BCUT2D eigenvalue weighted by atomic mass is 32.2. The van der Waals surface area contributed by atoms with Crippen molar-refractivity contribution in [2.24, 2.45) is 5.92 Å². The standard InChI is InChI=1S/C15H27NO4S/c1-15(2,3)20-14(17)16-8-7-11-9-12-5-4-6-13(10-11)21(12,18)19/h11-13H,4-10H2,1-3H3,(H,16,17). The van der Waals surface area contributed by atoms with Gasteiger partial charge in [0.25, 0.3) is 0 Å². The lowest BCUT2D eigenvalue weighted by molar-refractivity contribution is 0.0524. The van der Waals surface area contributed by atoms with Crippen LogP contribution < -0.4 is 5.32 Å². The number of nitrogens with one attached hydrogen (secondary N) is 1. The van der Waals surface area contributed by atoms with E-state index in [2.05, 4.69) is 5.32 Å². The Morgan fingerprint density at radius 3 is 2.29 bits per heavy atom. The largest absolute Gasteiger partial charge is 0.444 e. The summed E-state index contributed by atoms with van der Waals surface area (Å²) in [5.74, 6) is 0.402. The molecular formula is C15H27NO4S. The van der Waals surface area contributed by atoms with Crippen LogP contribution in [0, 0.1) is 5.92 Å². The number of ether oxygens (including phenoxy) is 1. The highest BCUT2D eigenvalue weighted by Gasteiger charge is 2.43. The highest BCUT2D eigenvalue weighted by Crippen LogP contribution is 2.40. The van der Waals surface area contributed by atoms with Gasteiger partial charge in [0.2, 0.25) is 0 Å². The molecule has 0 aromatic rings. The van der Waals surface area contributed by atoms with Gasteiger partial charge >= 0.3 is 6.09 Å². The summed E-state index contributed by atoms with van der Waals surface area (Å²) in [5, 5.41) is 2.48. The van der Waals surface area contributed by atoms with Crippen LogP contribution in [0.4, 0.5) is 4.79 Å². The Morgan fingerprint density at radius 2 is 1.76 bits per heavy atom. The first-order valence-electron chi connectivity index (χ1n) is 7.88. The highest BCUT2D eigenvalue weighted by molar-refractivity contribution is 7.92. The lowest BCUT2D eigenvalue weighted by Gasteiger charge is -2.38. The fourth-order valence-electron chi connectivity index (χ4n) is 3.45. The Hall–Kier alpha value is -0.780. The topological polar surface area (TPSA) is 72.5 Å². The summed E-state index contributed by atoms with van der Waals surface area (Å²) in [6.07, 6.45) is 4.62. The molecule has 2 atom stereocenters. The summed E-state index contributed by atoms with van der Waals surface area (Å²) in [5.41, 5.74) is -0.486. The summed E-state index contributed by atoms with van der Waals surface area (Å²) < 4.78 is 29.6. The molecule has 2 unspecified atom stereocenters. The van der Waals surface area contributed by atoms with Crippen LogP contribution >= 0.6 is 0 Å². The number of rotatable bonds is 3. The number of alkyl carbamates (subject to hydrolysis) is 1. The first kappa shape index (κ1) is 16.6. The van der Waals surface area contributed by atoms with Crippen molar-refractivity contribution in [3.63, 3.8) is 0 Å². The quantitative estimate of drug-likeness (QED) is 0.868. The maximum atomic E-state index is 12.2. The molecule has 2 rings (SSSR count). The second-order valence-corrected chi connectivity index (χ2v) is 9.83. The smallest absolute Gasteiger partial charge is 0.407 e. The summed E-state index contributed by atoms with van der Waals surface area (Å²) >= 11 is 0. The Bertz CT molecular complexity index is 460. The van der Waals surface area contributed by atoms with Crippen molar-refractivity contribution in [2.45, 2.75) is 75.4 Å². The van der Waals surface area contributed by atoms with Crippen LogP contribution in [0.1, 0.15) is 59.3 Å². The van der Waals surface area contributed by atoms with Gasteiger partial charge in [0.05, 0.1) is 10.5 Å². The number of fused-ring (bicyclic) bond motifs is 2. The Kier molecular flexibility index (Phi) is 4.85. The van der Waals surface area contributed by atoms with Gasteiger partial charge in [0, 0.05) is 6.54 Å². The summed E-state index contributed by atoms with van der Waals surface area (Å²) in [4.78, 5) is 11.6. The Balaban J connectivity index is 1.77. The van der Waals surface area contributed by atoms with Crippen molar-refractivity contribution in [1.82, 2.24) is 5.32 Å². The molecule has 0 radical (unpaired) electrons. The first-order chi connectivity index (χ1) is 9.68. The van der Waals surface area contributed by atoms with Gasteiger partial charge in [-0.15, -0.1) is 0 Å². The maximum Gasteiger partial charge on any atom is 0.407 e. The van der Waals surface area contributed by atoms with Crippen molar-refractivity contribution < 1.29 is 17.9 Å². The third kappa shape index (κ3) is 4.34. The lowest BCUT2D eigenvalue weighted by atomic mass is 9.87. The molecule has 0 aromatic heterocycles. The molecule has 2 heterocycles. The van der Waals surface area contributed by atoms with Gasteiger partial charge in [-0.2, -0.15) is 0 Å². The molecule has 0 spiro atoms. The first-order valence-corrected chi connectivity index (χ1v) is 9.49. The zero-order valence-corrected chi connectivity index (χ0v) is 14.0. The normalized spacial score (nSPS) is 31.5. The van der Waals surface area contributed by atoms with Gasteiger partial charge in [-0.3, -0.25) is 0 Å². The average Bonchev–Trinajstić information content (AvgIpc) is 2.27. The number of carbonyl (C=O) groups excluding carboxylic acids is 1. The predicted octanol–water partition coefficient (Wildman–Crippen LogP) is 2.65. The van der Waals surface area contributed by atoms with Crippen molar-refractivity contribution in [3.05, 3.63) is 0 Å². The van der Waals surface area contributed by atoms with E-state index in [1.165, 1.54) is 0 Å². The van der Waals surface area contributed by atoms with Crippen LogP contribution in [0.2, 0.25) is 0 Å². The van der Waals surface area contributed by atoms with Gasteiger partial charge in [0.15, 0.2) is 9.84 Å². The third-order valence-electron chi connectivity index (χ3n) is 4.39. The minimum absolute atomic E-state index is 0.142. The van der Waals surface area contributed by atoms with Crippen molar-refractivity contribution in [2.75, 3.05) is 6.54 Å². The molecule has 1 amide bonds. The van der Waals surface area contributed by atoms with Crippen LogP contribution in [0.5, 0.6) is 0 Å². The van der Waals surface area contributed by atoms with E-state index in [0.29, 0.717) is 12.5 Å². The van der Waals surface area contributed by atoms with Gasteiger partial charge < -0.3 is 10.1 Å². The van der Waals surface area contributed by atoms with Crippen LogP contribution in [0.15, 0.2) is 0 Å². The molecule has 2 bridgehead atoms. The molecule has 6 heteroatoms. The van der Waals surface area contributed by atoms with E-state index < -0.39 is 21.5 Å². The van der Waals surface area contributed by atoms with E-state index in [4.69, 9.17) is 4.74 Å². The summed E-state index contributed by atoms with van der Waals surface area (Å²) in [6, 6.07) is 0. The Labute approximate surface area is 127 Å². The monoisotopic (exact) mass is 317 g/mol. The molecule has 2 fully saturated rings. The fourth-order valence-corrected chi connectivity index (χ4v) is 6.06. The molecule has 0 aliphatic carbocycles. The molecule has 21 heavy (non-hydrogen) atoms.